The van der Waals surface area contributed by atoms with Crippen LogP contribution in [0.15, 0.2) is 24.3 Å². The van der Waals surface area contributed by atoms with Gasteiger partial charge in [-0.2, -0.15) is 0 Å². The first-order valence-corrected chi connectivity index (χ1v) is 6.66. The fraction of sp³-hybridized carbons (Fsp3) is 0.533. The van der Waals surface area contributed by atoms with Crippen LogP contribution in [-0.2, 0) is 4.79 Å². The molecule has 0 aliphatic rings. The van der Waals surface area contributed by atoms with Gasteiger partial charge in [-0.15, -0.1) is 0 Å². The van der Waals surface area contributed by atoms with Crippen molar-refractivity contribution in [3.8, 4) is 0 Å². The highest BCUT2D eigenvalue weighted by Crippen LogP contribution is 2.21. The number of halogens is 1. The molecular formula is C15H23FN2O. The highest BCUT2D eigenvalue weighted by Gasteiger charge is 2.26. The summed E-state index contributed by atoms with van der Waals surface area (Å²) in [6, 6.07) is 5.58. The van der Waals surface area contributed by atoms with Gasteiger partial charge in [0.2, 0.25) is 5.91 Å². The molecule has 0 radical (unpaired) electrons. The topological polar surface area (TPSA) is 46.3 Å². The normalized spacial score (nSPS) is 15.7. The van der Waals surface area contributed by atoms with Crippen LogP contribution in [0.2, 0.25) is 0 Å². The molecule has 0 saturated heterocycles. The maximum atomic E-state index is 12.9. The SMILES string of the molecule is CC[C@H](C)[C@H](N)C(=O)N(C)C(C)c1ccc(F)cc1. The maximum absolute atomic E-state index is 12.9. The van der Waals surface area contributed by atoms with E-state index in [1.807, 2.05) is 20.8 Å². The summed E-state index contributed by atoms with van der Waals surface area (Å²) in [7, 11) is 1.73. The molecule has 1 rings (SSSR count). The van der Waals surface area contributed by atoms with Gasteiger partial charge in [-0.05, 0) is 30.5 Å². The standard InChI is InChI=1S/C15H23FN2O/c1-5-10(2)14(17)15(19)18(4)11(3)12-6-8-13(16)9-7-12/h6-11,14H,5,17H2,1-4H3/t10-,11?,14-/m0/s1. The van der Waals surface area contributed by atoms with Gasteiger partial charge in [0.25, 0.3) is 0 Å². The van der Waals surface area contributed by atoms with E-state index in [2.05, 4.69) is 0 Å². The van der Waals surface area contributed by atoms with E-state index in [9.17, 15) is 9.18 Å². The minimum atomic E-state index is -0.488. The van der Waals surface area contributed by atoms with Crippen molar-refractivity contribution in [2.45, 2.75) is 39.3 Å². The Morgan fingerprint density at radius 1 is 1.32 bits per heavy atom. The largest absolute Gasteiger partial charge is 0.338 e. The summed E-state index contributed by atoms with van der Waals surface area (Å²) in [6.07, 6.45) is 0.867. The number of carbonyl (C=O) groups is 1. The lowest BCUT2D eigenvalue weighted by molar-refractivity contribution is -0.134. The number of benzene rings is 1. The molecule has 1 aromatic rings. The van der Waals surface area contributed by atoms with Crippen molar-refractivity contribution in [1.82, 2.24) is 4.90 Å². The number of rotatable bonds is 5. The summed E-state index contributed by atoms with van der Waals surface area (Å²) in [6.45, 7) is 5.90. The van der Waals surface area contributed by atoms with Crippen molar-refractivity contribution >= 4 is 5.91 Å². The fourth-order valence-electron chi connectivity index (χ4n) is 1.89. The minimum Gasteiger partial charge on any atom is -0.338 e. The van der Waals surface area contributed by atoms with Crippen LogP contribution in [0.3, 0.4) is 0 Å². The van der Waals surface area contributed by atoms with Gasteiger partial charge in [-0.25, -0.2) is 4.39 Å². The average molecular weight is 266 g/mol. The molecule has 1 aromatic carbocycles. The molecule has 0 aliphatic carbocycles. The van der Waals surface area contributed by atoms with Gasteiger partial charge in [0.05, 0.1) is 12.1 Å². The molecule has 4 heteroatoms. The zero-order chi connectivity index (χ0) is 14.6. The number of likely N-dealkylation sites (N-methyl/N-ethyl adjacent to an activating group) is 1. The molecule has 0 aliphatic heterocycles. The van der Waals surface area contributed by atoms with Gasteiger partial charge in [0, 0.05) is 7.05 Å². The summed E-state index contributed by atoms with van der Waals surface area (Å²) in [5, 5.41) is 0. The second kappa shape index (κ2) is 6.66. The summed E-state index contributed by atoms with van der Waals surface area (Å²) < 4.78 is 12.9. The molecule has 0 aromatic heterocycles. The summed E-state index contributed by atoms with van der Waals surface area (Å²) in [4.78, 5) is 13.9. The molecule has 0 saturated carbocycles. The van der Waals surface area contributed by atoms with Crippen molar-refractivity contribution in [3.05, 3.63) is 35.6 Å². The molecule has 106 valence electrons. The van der Waals surface area contributed by atoms with E-state index in [-0.39, 0.29) is 23.7 Å². The predicted molar refractivity (Wildman–Crippen MR) is 75.0 cm³/mol. The third-order valence-electron chi connectivity index (χ3n) is 3.82. The molecule has 1 unspecified atom stereocenters. The summed E-state index contributed by atoms with van der Waals surface area (Å²) in [5.74, 6) is -0.206. The third kappa shape index (κ3) is 3.77. The predicted octanol–water partition coefficient (Wildman–Crippen LogP) is 2.72. The number of hydrogen-bond donors (Lipinski definition) is 1. The van der Waals surface area contributed by atoms with E-state index in [4.69, 9.17) is 5.73 Å². The van der Waals surface area contributed by atoms with E-state index in [1.165, 1.54) is 12.1 Å². The lowest BCUT2D eigenvalue weighted by atomic mass is 9.98. The van der Waals surface area contributed by atoms with E-state index >= 15 is 0 Å². The molecule has 2 N–H and O–H groups in total. The molecule has 3 nitrogen and oxygen atoms in total. The van der Waals surface area contributed by atoms with Crippen LogP contribution in [0.1, 0.15) is 38.8 Å². The van der Waals surface area contributed by atoms with Crippen molar-refractivity contribution < 1.29 is 9.18 Å². The Bertz CT molecular complexity index is 419. The zero-order valence-corrected chi connectivity index (χ0v) is 12.1. The maximum Gasteiger partial charge on any atom is 0.240 e. The lowest BCUT2D eigenvalue weighted by Crippen LogP contribution is -2.46. The number of amides is 1. The summed E-state index contributed by atoms with van der Waals surface area (Å²) >= 11 is 0. The smallest absolute Gasteiger partial charge is 0.240 e. The number of nitrogens with two attached hydrogens (primary N) is 1. The molecule has 19 heavy (non-hydrogen) atoms. The average Bonchev–Trinajstić information content (AvgIpc) is 2.44. The molecule has 1 amide bonds. The number of nitrogens with zero attached hydrogens (tertiary/aromatic N) is 1. The van der Waals surface area contributed by atoms with E-state index in [0.717, 1.165) is 12.0 Å². The van der Waals surface area contributed by atoms with Gasteiger partial charge in [0.15, 0.2) is 0 Å². The fourth-order valence-corrected chi connectivity index (χ4v) is 1.89. The van der Waals surface area contributed by atoms with E-state index in [0.29, 0.717) is 0 Å². The summed E-state index contributed by atoms with van der Waals surface area (Å²) in [5.41, 5.74) is 6.86. The van der Waals surface area contributed by atoms with Crippen molar-refractivity contribution in [1.29, 1.82) is 0 Å². The Balaban J connectivity index is 2.79. The van der Waals surface area contributed by atoms with Gasteiger partial charge in [0.1, 0.15) is 5.82 Å². The van der Waals surface area contributed by atoms with Crippen LogP contribution in [0.5, 0.6) is 0 Å². The monoisotopic (exact) mass is 266 g/mol. The van der Waals surface area contributed by atoms with Crippen LogP contribution in [0.4, 0.5) is 4.39 Å². The lowest BCUT2D eigenvalue weighted by Gasteiger charge is -2.29. The first kappa shape index (κ1) is 15.6. The molecule has 3 atom stereocenters. The third-order valence-corrected chi connectivity index (χ3v) is 3.82. The van der Waals surface area contributed by atoms with E-state index in [1.54, 1.807) is 24.1 Å². The van der Waals surface area contributed by atoms with Crippen LogP contribution in [0, 0.1) is 11.7 Å². The number of carbonyl (C=O) groups excluding carboxylic acids is 1. The van der Waals surface area contributed by atoms with Crippen LogP contribution in [-0.4, -0.2) is 23.9 Å². The Morgan fingerprint density at radius 3 is 2.32 bits per heavy atom. The molecular weight excluding hydrogens is 243 g/mol. The van der Waals surface area contributed by atoms with Crippen LogP contribution in [0.25, 0.3) is 0 Å². The highest BCUT2D eigenvalue weighted by molar-refractivity contribution is 5.82. The molecule has 0 spiro atoms. The van der Waals surface area contributed by atoms with Gasteiger partial charge in [-0.3, -0.25) is 4.79 Å². The quantitative estimate of drug-likeness (QED) is 0.890. The Hall–Kier alpha value is -1.42. The molecule has 0 fully saturated rings. The second-order valence-corrected chi connectivity index (χ2v) is 5.09. The van der Waals surface area contributed by atoms with E-state index < -0.39 is 6.04 Å². The Labute approximate surface area is 114 Å². The number of hydrogen-bond acceptors (Lipinski definition) is 2. The minimum absolute atomic E-state index is 0.0776. The second-order valence-electron chi connectivity index (χ2n) is 5.09. The molecule has 0 heterocycles. The highest BCUT2D eigenvalue weighted by atomic mass is 19.1. The van der Waals surface area contributed by atoms with Crippen LogP contribution >= 0.6 is 0 Å². The van der Waals surface area contributed by atoms with Gasteiger partial charge in [-0.1, -0.05) is 32.4 Å². The van der Waals surface area contributed by atoms with Gasteiger partial charge < -0.3 is 10.6 Å². The van der Waals surface area contributed by atoms with Crippen molar-refractivity contribution in [3.63, 3.8) is 0 Å². The Morgan fingerprint density at radius 2 is 1.84 bits per heavy atom. The van der Waals surface area contributed by atoms with Crippen molar-refractivity contribution in [2.75, 3.05) is 7.05 Å². The first-order chi connectivity index (χ1) is 8.88. The van der Waals surface area contributed by atoms with Crippen molar-refractivity contribution in [2.24, 2.45) is 11.7 Å². The van der Waals surface area contributed by atoms with Crippen LogP contribution < -0.4 is 5.73 Å². The molecule has 0 bridgehead atoms. The first-order valence-electron chi connectivity index (χ1n) is 6.66. The van der Waals surface area contributed by atoms with Gasteiger partial charge >= 0.3 is 0 Å². The zero-order valence-electron chi connectivity index (χ0n) is 12.1. The Kier molecular flexibility index (Phi) is 5.48.